The van der Waals surface area contributed by atoms with Gasteiger partial charge in [-0.2, -0.15) is 0 Å². The first-order valence-electron chi connectivity index (χ1n) is 5.73. The normalized spacial score (nSPS) is 42.1. The predicted molar refractivity (Wildman–Crippen MR) is 56.1 cm³/mol. The van der Waals surface area contributed by atoms with Gasteiger partial charge >= 0.3 is 0 Å². The Hall–Kier alpha value is -0.340. The van der Waals surface area contributed by atoms with Crippen molar-refractivity contribution in [2.24, 2.45) is 0 Å². The number of rotatable bonds is 2. The summed E-state index contributed by atoms with van der Waals surface area (Å²) in [7, 11) is 0. The molecular weight excluding hydrogens is 176 g/mol. The van der Waals surface area contributed by atoms with E-state index in [0.717, 1.165) is 25.7 Å². The molecule has 2 nitrogen and oxygen atoms in total. The zero-order valence-electron chi connectivity index (χ0n) is 9.38. The molecule has 1 fully saturated rings. The Morgan fingerprint density at radius 2 is 2.21 bits per heavy atom. The second kappa shape index (κ2) is 3.67. The van der Waals surface area contributed by atoms with E-state index in [9.17, 15) is 0 Å². The van der Waals surface area contributed by atoms with Crippen molar-refractivity contribution < 1.29 is 9.47 Å². The molecule has 3 unspecified atom stereocenters. The third kappa shape index (κ3) is 1.51. The van der Waals surface area contributed by atoms with Crippen molar-refractivity contribution in [3.8, 4) is 0 Å². The number of fused-ring (bicyclic) bond motifs is 2. The van der Waals surface area contributed by atoms with E-state index in [1.54, 1.807) is 0 Å². The summed E-state index contributed by atoms with van der Waals surface area (Å²) in [4.78, 5) is 0. The average molecular weight is 196 g/mol. The Morgan fingerprint density at radius 1 is 1.43 bits per heavy atom. The Bertz CT molecular complexity index is 247. The van der Waals surface area contributed by atoms with Crippen molar-refractivity contribution in [1.82, 2.24) is 0 Å². The topological polar surface area (TPSA) is 18.5 Å². The van der Waals surface area contributed by atoms with Crippen LogP contribution < -0.4 is 0 Å². The van der Waals surface area contributed by atoms with Gasteiger partial charge in [0.05, 0.1) is 12.2 Å². The molecule has 2 aliphatic rings. The van der Waals surface area contributed by atoms with Crippen LogP contribution in [-0.2, 0) is 9.47 Å². The summed E-state index contributed by atoms with van der Waals surface area (Å²) >= 11 is 0. The van der Waals surface area contributed by atoms with Gasteiger partial charge in [0.1, 0.15) is 0 Å². The summed E-state index contributed by atoms with van der Waals surface area (Å²) in [5, 5.41) is 0. The molecule has 0 spiro atoms. The van der Waals surface area contributed by atoms with Crippen LogP contribution in [0.2, 0.25) is 0 Å². The molecule has 0 aliphatic carbocycles. The van der Waals surface area contributed by atoms with Crippen molar-refractivity contribution in [1.29, 1.82) is 0 Å². The van der Waals surface area contributed by atoms with Crippen LogP contribution in [0.3, 0.4) is 0 Å². The van der Waals surface area contributed by atoms with Crippen molar-refractivity contribution in [3.63, 3.8) is 0 Å². The van der Waals surface area contributed by atoms with Crippen LogP contribution >= 0.6 is 0 Å². The average Bonchev–Trinajstić information content (AvgIpc) is 2.23. The Labute approximate surface area is 86.3 Å². The van der Waals surface area contributed by atoms with Gasteiger partial charge in [0.15, 0.2) is 5.79 Å². The van der Waals surface area contributed by atoms with Gasteiger partial charge in [-0.3, -0.25) is 0 Å². The summed E-state index contributed by atoms with van der Waals surface area (Å²) in [6.07, 6.45) is 7.19. The van der Waals surface area contributed by atoms with Gasteiger partial charge in [0.25, 0.3) is 0 Å². The second-order valence-electron chi connectivity index (χ2n) is 4.35. The van der Waals surface area contributed by atoms with E-state index >= 15 is 0 Å². The van der Waals surface area contributed by atoms with Gasteiger partial charge in [0.2, 0.25) is 0 Å². The maximum absolute atomic E-state index is 6.06. The maximum Gasteiger partial charge on any atom is 0.190 e. The quantitative estimate of drug-likeness (QED) is 0.632. The molecule has 0 aromatic rings. The first kappa shape index (κ1) is 10.2. The molecule has 0 aromatic carbocycles. The molecule has 0 saturated carbocycles. The molecule has 0 N–H and O–H groups in total. The summed E-state index contributed by atoms with van der Waals surface area (Å²) in [6, 6.07) is 0. The van der Waals surface area contributed by atoms with Crippen LogP contribution in [0, 0.1) is 0 Å². The Morgan fingerprint density at radius 3 is 2.86 bits per heavy atom. The van der Waals surface area contributed by atoms with E-state index in [-0.39, 0.29) is 5.79 Å². The van der Waals surface area contributed by atoms with Gasteiger partial charge in [0, 0.05) is 12.8 Å². The van der Waals surface area contributed by atoms with Gasteiger partial charge in [-0.15, -0.1) is 0 Å². The minimum Gasteiger partial charge on any atom is -0.343 e. The van der Waals surface area contributed by atoms with E-state index in [2.05, 4.69) is 26.8 Å². The van der Waals surface area contributed by atoms with Crippen LogP contribution in [0.1, 0.15) is 46.5 Å². The SMILES string of the molecule is CCC1CC2CC=C(C)C(CC)(O1)O2. The first-order chi connectivity index (χ1) is 6.70. The summed E-state index contributed by atoms with van der Waals surface area (Å²) < 4.78 is 12.1. The molecule has 2 heterocycles. The minimum atomic E-state index is -0.387. The molecule has 3 atom stereocenters. The van der Waals surface area contributed by atoms with Crippen molar-refractivity contribution in [2.75, 3.05) is 0 Å². The van der Waals surface area contributed by atoms with Crippen molar-refractivity contribution in [3.05, 3.63) is 11.6 Å². The zero-order chi connectivity index (χ0) is 10.2. The summed E-state index contributed by atoms with van der Waals surface area (Å²) in [5.41, 5.74) is 1.26. The first-order valence-corrected chi connectivity index (χ1v) is 5.73. The molecule has 2 aliphatic heterocycles. The standard InChI is InChI=1S/C12H20O2/c1-4-10-8-11-7-6-9(3)12(5-2,13-10)14-11/h6,10-11H,4-5,7-8H2,1-3H3. The lowest BCUT2D eigenvalue weighted by Crippen LogP contribution is -2.50. The number of hydrogen-bond donors (Lipinski definition) is 0. The maximum atomic E-state index is 6.06. The number of hydrogen-bond acceptors (Lipinski definition) is 2. The van der Waals surface area contributed by atoms with Crippen molar-refractivity contribution >= 4 is 0 Å². The third-order valence-electron chi connectivity index (χ3n) is 3.45. The van der Waals surface area contributed by atoms with Crippen LogP contribution in [0.15, 0.2) is 11.6 Å². The number of ether oxygens (including phenoxy) is 2. The van der Waals surface area contributed by atoms with E-state index in [1.165, 1.54) is 5.57 Å². The van der Waals surface area contributed by atoms with Crippen LogP contribution in [0.25, 0.3) is 0 Å². The van der Waals surface area contributed by atoms with E-state index in [4.69, 9.17) is 9.47 Å². The monoisotopic (exact) mass is 196 g/mol. The molecule has 80 valence electrons. The van der Waals surface area contributed by atoms with Crippen LogP contribution in [0.4, 0.5) is 0 Å². The molecule has 2 heteroatoms. The highest BCUT2D eigenvalue weighted by Crippen LogP contribution is 2.41. The molecule has 0 amide bonds. The minimum absolute atomic E-state index is 0.386. The summed E-state index contributed by atoms with van der Waals surface area (Å²) in [5.74, 6) is -0.387. The van der Waals surface area contributed by atoms with Crippen molar-refractivity contribution in [2.45, 2.75) is 64.4 Å². The van der Waals surface area contributed by atoms with Gasteiger partial charge in [-0.05, 0) is 25.3 Å². The van der Waals surface area contributed by atoms with E-state index < -0.39 is 0 Å². The lowest BCUT2D eigenvalue weighted by atomic mass is 9.92. The molecular formula is C12H20O2. The lowest BCUT2D eigenvalue weighted by Gasteiger charge is -2.47. The fourth-order valence-corrected chi connectivity index (χ4v) is 2.45. The Kier molecular flexibility index (Phi) is 2.67. The van der Waals surface area contributed by atoms with Gasteiger partial charge < -0.3 is 9.47 Å². The fraction of sp³-hybridized carbons (Fsp3) is 0.833. The van der Waals surface area contributed by atoms with Crippen LogP contribution in [-0.4, -0.2) is 18.0 Å². The van der Waals surface area contributed by atoms with Gasteiger partial charge in [-0.25, -0.2) is 0 Å². The van der Waals surface area contributed by atoms with E-state index in [0.29, 0.717) is 12.2 Å². The highest BCUT2D eigenvalue weighted by molar-refractivity contribution is 5.15. The highest BCUT2D eigenvalue weighted by Gasteiger charge is 2.44. The lowest BCUT2D eigenvalue weighted by molar-refractivity contribution is -0.303. The molecule has 0 aromatic heterocycles. The molecule has 2 bridgehead atoms. The fourth-order valence-electron chi connectivity index (χ4n) is 2.45. The summed E-state index contributed by atoms with van der Waals surface area (Å²) in [6.45, 7) is 6.45. The molecule has 14 heavy (non-hydrogen) atoms. The second-order valence-corrected chi connectivity index (χ2v) is 4.35. The largest absolute Gasteiger partial charge is 0.343 e. The van der Waals surface area contributed by atoms with E-state index in [1.807, 2.05) is 0 Å². The highest BCUT2D eigenvalue weighted by atomic mass is 16.7. The smallest absolute Gasteiger partial charge is 0.190 e. The zero-order valence-corrected chi connectivity index (χ0v) is 9.38. The molecule has 2 rings (SSSR count). The molecule has 0 radical (unpaired) electrons. The third-order valence-corrected chi connectivity index (χ3v) is 3.45. The van der Waals surface area contributed by atoms with Gasteiger partial charge in [-0.1, -0.05) is 19.9 Å². The predicted octanol–water partition coefficient (Wildman–Crippen LogP) is 3.03. The Balaban J connectivity index is 2.24. The van der Waals surface area contributed by atoms with Crippen LogP contribution in [0.5, 0.6) is 0 Å². The molecule has 1 saturated heterocycles.